The predicted octanol–water partition coefficient (Wildman–Crippen LogP) is 4.37. The van der Waals surface area contributed by atoms with Gasteiger partial charge in [-0.25, -0.2) is 4.98 Å². The van der Waals surface area contributed by atoms with E-state index < -0.39 is 0 Å². The smallest absolute Gasteiger partial charge is 0.255 e. The number of aromatic nitrogens is 1. The van der Waals surface area contributed by atoms with E-state index in [0.29, 0.717) is 22.7 Å². The van der Waals surface area contributed by atoms with Crippen LogP contribution < -0.4 is 19.7 Å². The average molecular weight is 461 g/mol. The highest BCUT2D eigenvalue weighted by Gasteiger charge is 2.17. The van der Waals surface area contributed by atoms with Gasteiger partial charge in [-0.15, -0.1) is 0 Å². The third-order valence-corrected chi connectivity index (χ3v) is 6.05. The van der Waals surface area contributed by atoms with Crippen LogP contribution in [-0.4, -0.2) is 56.2 Å². The van der Waals surface area contributed by atoms with Crippen molar-refractivity contribution in [1.82, 2.24) is 9.88 Å². The molecule has 1 aliphatic rings. The van der Waals surface area contributed by atoms with Crippen molar-refractivity contribution in [2.75, 3.05) is 50.6 Å². The molecule has 1 amide bonds. The second kappa shape index (κ2) is 11.0. The van der Waals surface area contributed by atoms with E-state index in [0.717, 1.165) is 45.0 Å². The molecule has 0 aliphatic carbocycles. The Morgan fingerprint density at radius 2 is 1.82 bits per heavy atom. The standard InChI is InChI=1S/C27H32N4O3/c1-20-6-4-7-21(16-20)19-30-12-5-13-31(15-14-30)26-11-9-23(18-28-26)29-27(32)22-8-10-24(33-2)25(17-22)34-3/h4,6-11,16-18H,5,12-15,19H2,1-3H3,(H,29,32). The van der Waals surface area contributed by atoms with Gasteiger partial charge in [-0.2, -0.15) is 0 Å². The molecule has 4 rings (SSSR count). The number of ether oxygens (including phenoxy) is 2. The van der Waals surface area contributed by atoms with Crippen LogP contribution in [0.1, 0.15) is 27.9 Å². The first-order chi connectivity index (χ1) is 16.6. The van der Waals surface area contributed by atoms with Crippen molar-refractivity contribution in [3.05, 3.63) is 77.5 Å². The lowest BCUT2D eigenvalue weighted by Gasteiger charge is -2.23. The van der Waals surface area contributed by atoms with E-state index in [2.05, 4.69) is 51.3 Å². The van der Waals surface area contributed by atoms with Gasteiger partial charge in [0.05, 0.1) is 26.1 Å². The quantitative estimate of drug-likeness (QED) is 0.565. The van der Waals surface area contributed by atoms with Crippen LogP contribution in [0.25, 0.3) is 0 Å². The van der Waals surface area contributed by atoms with Crippen molar-refractivity contribution in [3.8, 4) is 11.5 Å². The number of carbonyl (C=O) groups excluding carboxylic acids is 1. The number of nitrogens with one attached hydrogen (secondary N) is 1. The number of methoxy groups -OCH3 is 2. The lowest BCUT2D eigenvalue weighted by Crippen LogP contribution is -2.31. The number of hydrogen-bond donors (Lipinski definition) is 1. The van der Waals surface area contributed by atoms with Gasteiger partial charge in [0.15, 0.2) is 11.5 Å². The molecule has 0 atom stereocenters. The van der Waals surface area contributed by atoms with Crippen LogP contribution in [0.2, 0.25) is 0 Å². The van der Waals surface area contributed by atoms with Crippen LogP contribution >= 0.6 is 0 Å². The monoisotopic (exact) mass is 460 g/mol. The number of carbonyl (C=O) groups is 1. The van der Waals surface area contributed by atoms with E-state index in [1.807, 2.05) is 12.1 Å². The van der Waals surface area contributed by atoms with E-state index in [-0.39, 0.29) is 5.91 Å². The second-order valence-corrected chi connectivity index (χ2v) is 8.53. The molecule has 0 saturated carbocycles. The maximum atomic E-state index is 12.7. The van der Waals surface area contributed by atoms with Gasteiger partial charge in [0.2, 0.25) is 0 Å². The SMILES string of the molecule is COc1ccc(C(=O)Nc2ccc(N3CCCN(Cc4cccc(C)c4)CC3)nc2)cc1OC. The van der Waals surface area contributed by atoms with Crippen LogP contribution in [0.3, 0.4) is 0 Å². The Balaban J connectivity index is 1.34. The number of aryl methyl sites for hydroxylation is 1. The molecule has 7 heteroatoms. The fourth-order valence-corrected chi connectivity index (χ4v) is 4.25. The summed E-state index contributed by atoms with van der Waals surface area (Å²) in [6.07, 6.45) is 2.80. The van der Waals surface area contributed by atoms with E-state index in [1.54, 1.807) is 38.6 Å². The minimum atomic E-state index is -0.225. The Bertz CT molecular complexity index is 1120. The second-order valence-electron chi connectivity index (χ2n) is 8.53. The molecular formula is C27H32N4O3. The van der Waals surface area contributed by atoms with Gasteiger partial charge in [-0.1, -0.05) is 29.8 Å². The average Bonchev–Trinajstić information content (AvgIpc) is 3.09. The highest BCUT2D eigenvalue weighted by molar-refractivity contribution is 6.04. The predicted molar refractivity (Wildman–Crippen MR) is 135 cm³/mol. The summed E-state index contributed by atoms with van der Waals surface area (Å²) in [5.74, 6) is 1.81. The van der Waals surface area contributed by atoms with Crippen LogP contribution in [0.15, 0.2) is 60.8 Å². The summed E-state index contributed by atoms with van der Waals surface area (Å²) in [5.41, 5.74) is 3.81. The van der Waals surface area contributed by atoms with E-state index in [1.165, 1.54) is 11.1 Å². The maximum Gasteiger partial charge on any atom is 0.255 e. The van der Waals surface area contributed by atoms with Crippen LogP contribution in [0, 0.1) is 6.92 Å². The Morgan fingerprint density at radius 3 is 2.56 bits per heavy atom. The van der Waals surface area contributed by atoms with Crippen molar-refractivity contribution in [2.24, 2.45) is 0 Å². The number of amides is 1. The molecule has 0 bridgehead atoms. The Labute approximate surface area is 201 Å². The Kier molecular flexibility index (Phi) is 7.65. The normalized spacial score (nSPS) is 14.4. The molecule has 2 heterocycles. The third-order valence-electron chi connectivity index (χ3n) is 6.05. The fourth-order valence-electron chi connectivity index (χ4n) is 4.25. The van der Waals surface area contributed by atoms with Crippen molar-refractivity contribution >= 4 is 17.4 Å². The van der Waals surface area contributed by atoms with Gasteiger partial charge < -0.3 is 19.7 Å². The first-order valence-corrected chi connectivity index (χ1v) is 11.6. The zero-order valence-corrected chi connectivity index (χ0v) is 20.1. The van der Waals surface area contributed by atoms with Crippen LogP contribution in [-0.2, 0) is 6.54 Å². The topological polar surface area (TPSA) is 66.9 Å². The van der Waals surface area contributed by atoms with E-state index >= 15 is 0 Å². The van der Waals surface area contributed by atoms with Gasteiger partial charge in [-0.3, -0.25) is 9.69 Å². The number of rotatable bonds is 7. The molecule has 1 saturated heterocycles. The summed E-state index contributed by atoms with van der Waals surface area (Å²) in [4.78, 5) is 22.1. The molecule has 7 nitrogen and oxygen atoms in total. The number of nitrogens with zero attached hydrogens (tertiary/aromatic N) is 3. The van der Waals surface area contributed by atoms with E-state index in [4.69, 9.17) is 9.47 Å². The Morgan fingerprint density at radius 1 is 0.971 bits per heavy atom. The molecular weight excluding hydrogens is 428 g/mol. The maximum absolute atomic E-state index is 12.7. The van der Waals surface area contributed by atoms with Gasteiger partial charge in [-0.05, 0) is 49.2 Å². The number of pyridine rings is 1. The zero-order valence-electron chi connectivity index (χ0n) is 20.1. The Hall–Kier alpha value is -3.58. The molecule has 1 aromatic heterocycles. The fraction of sp³-hybridized carbons (Fsp3) is 0.333. The van der Waals surface area contributed by atoms with Gasteiger partial charge >= 0.3 is 0 Å². The van der Waals surface area contributed by atoms with Crippen molar-refractivity contribution < 1.29 is 14.3 Å². The summed E-state index contributed by atoms with van der Waals surface area (Å²) in [6.45, 7) is 7.07. The molecule has 1 N–H and O–H groups in total. The van der Waals surface area contributed by atoms with Crippen LogP contribution in [0.4, 0.5) is 11.5 Å². The van der Waals surface area contributed by atoms with E-state index in [9.17, 15) is 4.79 Å². The molecule has 1 aliphatic heterocycles. The van der Waals surface area contributed by atoms with Crippen molar-refractivity contribution in [2.45, 2.75) is 19.9 Å². The first-order valence-electron chi connectivity index (χ1n) is 11.6. The molecule has 178 valence electrons. The van der Waals surface area contributed by atoms with Gasteiger partial charge in [0.25, 0.3) is 5.91 Å². The molecule has 34 heavy (non-hydrogen) atoms. The molecule has 3 aromatic rings. The zero-order chi connectivity index (χ0) is 23.9. The number of hydrogen-bond acceptors (Lipinski definition) is 6. The minimum Gasteiger partial charge on any atom is -0.493 e. The van der Waals surface area contributed by atoms with Crippen molar-refractivity contribution in [1.29, 1.82) is 0 Å². The third kappa shape index (κ3) is 5.85. The molecule has 0 spiro atoms. The summed E-state index contributed by atoms with van der Waals surface area (Å²) >= 11 is 0. The molecule has 2 aromatic carbocycles. The lowest BCUT2D eigenvalue weighted by molar-refractivity contribution is 0.102. The van der Waals surface area contributed by atoms with Gasteiger partial charge in [0, 0.05) is 38.3 Å². The largest absolute Gasteiger partial charge is 0.493 e. The summed E-state index contributed by atoms with van der Waals surface area (Å²) in [5, 5.41) is 2.90. The molecule has 0 unspecified atom stereocenters. The van der Waals surface area contributed by atoms with Crippen molar-refractivity contribution in [3.63, 3.8) is 0 Å². The highest BCUT2D eigenvalue weighted by atomic mass is 16.5. The first kappa shape index (κ1) is 23.6. The highest BCUT2D eigenvalue weighted by Crippen LogP contribution is 2.28. The number of anilines is 2. The summed E-state index contributed by atoms with van der Waals surface area (Å²) < 4.78 is 10.5. The minimum absolute atomic E-state index is 0.225. The lowest BCUT2D eigenvalue weighted by atomic mass is 10.1. The molecule has 1 fully saturated rings. The van der Waals surface area contributed by atoms with Gasteiger partial charge in [0.1, 0.15) is 5.82 Å². The summed E-state index contributed by atoms with van der Waals surface area (Å²) in [7, 11) is 3.11. The number of benzene rings is 2. The van der Waals surface area contributed by atoms with Crippen LogP contribution in [0.5, 0.6) is 11.5 Å². The molecule has 0 radical (unpaired) electrons. The summed E-state index contributed by atoms with van der Waals surface area (Å²) in [6, 6.07) is 17.7.